The standard InChI is InChI=1S/C12H18NO3.3CH3.Sn/c1-7-9-8-13(12(5,6)15-9)10(14)16-11(2,3)4;;;;/h7H,1H2,2-6H3;3*1H3;. The summed E-state index contributed by atoms with van der Waals surface area (Å²) in [5.74, 6) is 0.726. The molecule has 114 valence electrons. The van der Waals surface area contributed by atoms with E-state index >= 15 is 0 Å². The minimum atomic E-state index is -2.58. The topological polar surface area (TPSA) is 38.8 Å². The first-order chi connectivity index (χ1) is 8.79. The van der Waals surface area contributed by atoms with Crippen LogP contribution in [0.5, 0.6) is 0 Å². The van der Waals surface area contributed by atoms with Crippen LogP contribution < -0.4 is 0 Å². The van der Waals surface area contributed by atoms with Crippen molar-refractivity contribution in [2.24, 2.45) is 0 Å². The van der Waals surface area contributed by atoms with Gasteiger partial charge in [0, 0.05) is 0 Å². The van der Waals surface area contributed by atoms with E-state index in [9.17, 15) is 4.79 Å². The summed E-state index contributed by atoms with van der Waals surface area (Å²) in [6.45, 7) is 13.2. The fraction of sp³-hybridized carbons (Fsp3) is 0.667. The zero-order chi connectivity index (χ0) is 15.9. The van der Waals surface area contributed by atoms with Gasteiger partial charge in [-0.1, -0.05) is 0 Å². The van der Waals surface area contributed by atoms with Crippen LogP contribution in [0.4, 0.5) is 4.79 Å². The first kappa shape index (κ1) is 17.4. The number of carbonyl (C=O) groups excluding carboxylic acids is 1. The van der Waals surface area contributed by atoms with Crippen molar-refractivity contribution in [1.82, 2.24) is 4.90 Å². The summed E-state index contributed by atoms with van der Waals surface area (Å²) in [4.78, 5) is 21.0. The quantitative estimate of drug-likeness (QED) is 0.664. The van der Waals surface area contributed by atoms with Gasteiger partial charge < -0.3 is 0 Å². The van der Waals surface area contributed by atoms with Gasteiger partial charge in [-0.25, -0.2) is 0 Å². The second kappa shape index (κ2) is 5.28. The van der Waals surface area contributed by atoms with E-state index in [4.69, 9.17) is 9.47 Å². The molecule has 0 N–H and O–H groups in total. The van der Waals surface area contributed by atoms with Crippen molar-refractivity contribution in [3.63, 3.8) is 0 Å². The van der Waals surface area contributed by atoms with Gasteiger partial charge in [0.2, 0.25) is 0 Å². The van der Waals surface area contributed by atoms with E-state index in [-0.39, 0.29) is 6.09 Å². The Hall–Kier alpha value is -0.651. The van der Waals surface area contributed by atoms with Crippen molar-refractivity contribution in [2.75, 3.05) is 0 Å². The Labute approximate surface area is 126 Å². The third-order valence-electron chi connectivity index (χ3n) is 2.83. The number of nitrogens with zero attached hydrogens (tertiary/aromatic N) is 1. The van der Waals surface area contributed by atoms with Crippen LogP contribution in [0.2, 0.25) is 14.8 Å². The van der Waals surface area contributed by atoms with Crippen LogP contribution in [0.3, 0.4) is 0 Å². The molecular weight excluding hydrogens is 361 g/mol. The predicted molar refractivity (Wildman–Crippen MR) is 83.8 cm³/mol. The van der Waals surface area contributed by atoms with Crippen molar-refractivity contribution < 1.29 is 14.3 Å². The third-order valence-corrected chi connectivity index (χ3v) is 8.22. The Morgan fingerprint density at radius 2 is 1.85 bits per heavy atom. The van der Waals surface area contributed by atoms with Gasteiger partial charge in [0.05, 0.1) is 0 Å². The average Bonchev–Trinajstić information content (AvgIpc) is 2.46. The molecule has 20 heavy (non-hydrogen) atoms. The Kier molecular flexibility index (Phi) is 4.59. The first-order valence-electron chi connectivity index (χ1n) is 6.89. The molecule has 0 aromatic rings. The van der Waals surface area contributed by atoms with Gasteiger partial charge in [-0.15, -0.1) is 0 Å². The van der Waals surface area contributed by atoms with E-state index in [1.165, 1.54) is 0 Å². The Morgan fingerprint density at radius 3 is 2.20 bits per heavy atom. The van der Waals surface area contributed by atoms with E-state index < -0.39 is 29.7 Å². The molecule has 0 fully saturated rings. The molecule has 0 unspecified atom stereocenters. The molecule has 0 aromatic carbocycles. The van der Waals surface area contributed by atoms with Gasteiger partial charge in [-0.05, 0) is 0 Å². The third kappa shape index (κ3) is 3.71. The fourth-order valence-corrected chi connectivity index (χ4v) is 7.69. The van der Waals surface area contributed by atoms with E-state index in [2.05, 4.69) is 21.4 Å². The summed E-state index contributed by atoms with van der Waals surface area (Å²) in [6.07, 6.45) is 1.35. The molecule has 0 aliphatic carbocycles. The molecule has 1 amide bonds. The SMILES string of the molecule is C=CC1=[C]([Sn]([CH3])([CH3])[CH3])N(C(=O)OC(C)(C)C)C(C)(C)O1. The summed E-state index contributed by atoms with van der Waals surface area (Å²) >= 11 is -2.58. The van der Waals surface area contributed by atoms with Crippen LogP contribution in [0.15, 0.2) is 22.1 Å². The number of carbonyl (C=O) groups is 1. The van der Waals surface area contributed by atoms with Crippen LogP contribution in [0, 0.1) is 0 Å². The Balaban J connectivity index is 3.28. The molecule has 0 saturated carbocycles. The van der Waals surface area contributed by atoms with Gasteiger partial charge in [0.1, 0.15) is 0 Å². The number of ether oxygens (including phenoxy) is 2. The van der Waals surface area contributed by atoms with Crippen molar-refractivity contribution in [3.05, 3.63) is 22.1 Å². The second-order valence-electron chi connectivity index (χ2n) is 7.53. The first-order valence-corrected chi connectivity index (χ1v) is 16.9. The van der Waals surface area contributed by atoms with Gasteiger partial charge >= 0.3 is 127 Å². The molecule has 0 saturated heterocycles. The number of allylic oxidation sites excluding steroid dienone is 1. The van der Waals surface area contributed by atoms with Crippen LogP contribution in [-0.4, -0.2) is 40.7 Å². The minimum absolute atomic E-state index is 0.346. The normalized spacial score (nSPS) is 18.9. The maximum atomic E-state index is 12.6. The van der Waals surface area contributed by atoms with Crippen molar-refractivity contribution >= 4 is 24.5 Å². The van der Waals surface area contributed by atoms with Crippen LogP contribution >= 0.6 is 0 Å². The summed E-state index contributed by atoms with van der Waals surface area (Å²) in [5, 5.41) is 0. The maximum absolute atomic E-state index is 12.6. The predicted octanol–water partition coefficient (Wildman–Crippen LogP) is 4.26. The number of amides is 1. The van der Waals surface area contributed by atoms with Gasteiger partial charge in [-0.3, -0.25) is 0 Å². The van der Waals surface area contributed by atoms with Gasteiger partial charge in [0.25, 0.3) is 0 Å². The zero-order valence-corrected chi connectivity index (χ0v) is 16.8. The molecule has 1 heterocycles. The van der Waals surface area contributed by atoms with Crippen LogP contribution in [0.25, 0.3) is 0 Å². The molecule has 4 nitrogen and oxygen atoms in total. The Bertz CT molecular complexity index is 453. The zero-order valence-electron chi connectivity index (χ0n) is 14.0. The number of hydrogen-bond acceptors (Lipinski definition) is 3. The number of hydrogen-bond donors (Lipinski definition) is 0. The van der Waals surface area contributed by atoms with Crippen molar-refractivity contribution in [3.8, 4) is 0 Å². The molecule has 5 heteroatoms. The van der Waals surface area contributed by atoms with Crippen LogP contribution in [0.1, 0.15) is 34.6 Å². The summed E-state index contributed by atoms with van der Waals surface area (Å²) in [6, 6.07) is 0. The van der Waals surface area contributed by atoms with E-state index in [1.807, 2.05) is 34.6 Å². The molecule has 0 radical (unpaired) electrons. The van der Waals surface area contributed by atoms with Gasteiger partial charge in [0.15, 0.2) is 0 Å². The fourth-order valence-electron chi connectivity index (χ4n) is 2.20. The average molecular weight is 388 g/mol. The number of rotatable bonds is 2. The Morgan fingerprint density at radius 1 is 1.35 bits per heavy atom. The second-order valence-corrected chi connectivity index (χ2v) is 21.7. The molecule has 1 aliphatic heterocycles. The summed E-state index contributed by atoms with van der Waals surface area (Å²) < 4.78 is 12.5. The van der Waals surface area contributed by atoms with Crippen molar-refractivity contribution in [2.45, 2.75) is 60.8 Å². The molecule has 1 aliphatic rings. The van der Waals surface area contributed by atoms with Crippen LogP contribution in [-0.2, 0) is 9.47 Å². The molecule has 0 bridgehead atoms. The van der Waals surface area contributed by atoms with E-state index in [1.54, 1.807) is 11.0 Å². The summed E-state index contributed by atoms with van der Waals surface area (Å²) in [7, 11) is 0. The molecular formula is C15H27NO3Sn. The molecule has 0 aromatic heterocycles. The monoisotopic (exact) mass is 389 g/mol. The van der Waals surface area contributed by atoms with E-state index in [0.29, 0.717) is 0 Å². The molecule has 0 atom stereocenters. The van der Waals surface area contributed by atoms with Gasteiger partial charge in [-0.2, -0.15) is 0 Å². The summed E-state index contributed by atoms with van der Waals surface area (Å²) in [5.41, 5.74) is -1.26. The molecule has 1 rings (SSSR count). The molecule has 0 spiro atoms. The van der Waals surface area contributed by atoms with Crippen molar-refractivity contribution in [1.29, 1.82) is 0 Å². The van der Waals surface area contributed by atoms with E-state index in [0.717, 1.165) is 9.47 Å².